The molecule has 1 aliphatic carbocycles. The third kappa shape index (κ3) is 3.05. The van der Waals surface area contributed by atoms with E-state index in [0.717, 1.165) is 23.3 Å². The van der Waals surface area contributed by atoms with Crippen molar-refractivity contribution in [2.24, 2.45) is 0 Å². The number of fused-ring (bicyclic) bond motifs is 2. The van der Waals surface area contributed by atoms with Crippen LogP contribution in [0.15, 0.2) is 42.5 Å². The fourth-order valence-electron chi connectivity index (χ4n) is 4.57. The van der Waals surface area contributed by atoms with Crippen LogP contribution < -0.4 is 4.74 Å². The van der Waals surface area contributed by atoms with Gasteiger partial charge >= 0.3 is 5.97 Å². The zero-order chi connectivity index (χ0) is 19.2. The van der Waals surface area contributed by atoms with Crippen LogP contribution in [-0.2, 0) is 22.0 Å². The number of rotatable bonds is 3. The molecule has 27 heavy (non-hydrogen) atoms. The molecule has 0 bridgehead atoms. The quantitative estimate of drug-likeness (QED) is 0.773. The average Bonchev–Trinajstić information content (AvgIpc) is 2.97. The Bertz CT molecular complexity index is 939. The normalized spacial score (nSPS) is 22.9. The van der Waals surface area contributed by atoms with Gasteiger partial charge in [0, 0.05) is 11.6 Å². The van der Waals surface area contributed by atoms with Crippen molar-refractivity contribution in [2.75, 3.05) is 6.61 Å². The summed E-state index contributed by atoms with van der Waals surface area (Å²) < 4.78 is 5.99. The predicted molar refractivity (Wildman–Crippen MR) is 107 cm³/mol. The molecule has 140 valence electrons. The number of benzene rings is 2. The molecule has 0 saturated carbocycles. The molecule has 2 aliphatic rings. The van der Waals surface area contributed by atoms with Gasteiger partial charge in [-0.3, -0.25) is 0 Å². The fraction of sp³-hybridized carbons (Fsp3) is 0.375. The van der Waals surface area contributed by atoms with Gasteiger partial charge in [0.1, 0.15) is 12.4 Å². The van der Waals surface area contributed by atoms with Gasteiger partial charge in [-0.15, -0.1) is 0 Å². The predicted octanol–water partition coefficient (Wildman–Crippen LogP) is 5.10. The maximum Gasteiger partial charge on any atom is 0.328 e. The molecule has 0 spiro atoms. The molecule has 3 nitrogen and oxygen atoms in total. The second kappa shape index (κ2) is 6.26. The zero-order valence-electron chi connectivity index (χ0n) is 16.2. The lowest BCUT2D eigenvalue weighted by atomic mass is 9.70. The van der Waals surface area contributed by atoms with Crippen molar-refractivity contribution in [3.8, 4) is 5.75 Å². The van der Waals surface area contributed by atoms with Gasteiger partial charge in [0.15, 0.2) is 0 Å². The van der Waals surface area contributed by atoms with Crippen LogP contribution in [-0.4, -0.2) is 17.7 Å². The van der Waals surface area contributed by atoms with Crippen molar-refractivity contribution in [3.05, 3.63) is 70.3 Å². The third-order valence-corrected chi connectivity index (χ3v) is 6.25. The standard InChI is InChI=1S/C24H26O3/c1-23(2)12-4-5-17-14-18(8-9-19(17)23)24(3)15-27-21-10-6-16(13-20(21)24)7-11-22(25)26/h6-11,13-14H,4-5,12,15H2,1-3H3,(H,25,26)/b11-7+. The Morgan fingerprint density at radius 1 is 1.11 bits per heavy atom. The Hall–Kier alpha value is -2.55. The van der Waals surface area contributed by atoms with Gasteiger partial charge in [0.2, 0.25) is 0 Å². The summed E-state index contributed by atoms with van der Waals surface area (Å²) in [7, 11) is 0. The SMILES string of the molecule is CC1(C)CCCc2cc(C3(C)COc4ccc(/C=C/C(=O)O)cc43)ccc21. The van der Waals surface area contributed by atoms with Crippen molar-refractivity contribution >= 4 is 12.0 Å². The fourth-order valence-corrected chi connectivity index (χ4v) is 4.57. The number of aryl methyl sites for hydroxylation is 1. The average molecular weight is 362 g/mol. The van der Waals surface area contributed by atoms with E-state index in [1.807, 2.05) is 12.1 Å². The molecule has 0 saturated heterocycles. The number of carbonyl (C=O) groups is 1. The Kier molecular flexibility index (Phi) is 4.14. The third-order valence-electron chi connectivity index (χ3n) is 6.25. The zero-order valence-corrected chi connectivity index (χ0v) is 16.2. The molecular weight excluding hydrogens is 336 g/mol. The maximum absolute atomic E-state index is 10.8. The van der Waals surface area contributed by atoms with E-state index in [2.05, 4.69) is 45.0 Å². The Morgan fingerprint density at radius 2 is 1.93 bits per heavy atom. The second-order valence-corrected chi connectivity index (χ2v) is 8.66. The van der Waals surface area contributed by atoms with E-state index in [1.54, 1.807) is 6.08 Å². The highest BCUT2D eigenvalue weighted by molar-refractivity contribution is 5.85. The summed E-state index contributed by atoms with van der Waals surface area (Å²) in [6, 6.07) is 12.8. The molecule has 2 aromatic carbocycles. The van der Waals surface area contributed by atoms with E-state index < -0.39 is 5.97 Å². The van der Waals surface area contributed by atoms with Gasteiger partial charge in [-0.2, -0.15) is 0 Å². The first-order valence-corrected chi connectivity index (χ1v) is 9.62. The first-order chi connectivity index (χ1) is 12.8. The molecule has 4 rings (SSSR count). The molecule has 1 unspecified atom stereocenters. The van der Waals surface area contributed by atoms with E-state index in [1.165, 1.54) is 35.6 Å². The molecule has 1 heterocycles. The highest BCUT2D eigenvalue weighted by Crippen LogP contribution is 2.46. The molecular formula is C24H26O3. The van der Waals surface area contributed by atoms with Crippen molar-refractivity contribution < 1.29 is 14.6 Å². The van der Waals surface area contributed by atoms with Crippen LogP contribution in [0.5, 0.6) is 5.75 Å². The van der Waals surface area contributed by atoms with Crippen LogP contribution in [0, 0.1) is 0 Å². The summed E-state index contributed by atoms with van der Waals surface area (Å²) >= 11 is 0. The summed E-state index contributed by atoms with van der Waals surface area (Å²) in [4.78, 5) is 10.8. The Morgan fingerprint density at radius 3 is 2.70 bits per heavy atom. The molecule has 1 aliphatic heterocycles. The smallest absolute Gasteiger partial charge is 0.328 e. The van der Waals surface area contributed by atoms with Gasteiger partial charge < -0.3 is 9.84 Å². The molecule has 0 aromatic heterocycles. The lowest BCUT2D eigenvalue weighted by molar-refractivity contribution is -0.131. The number of carboxylic acid groups (broad SMARTS) is 1. The van der Waals surface area contributed by atoms with Crippen molar-refractivity contribution in [1.29, 1.82) is 0 Å². The molecule has 3 heteroatoms. The number of carboxylic acids is 1. The van der Waals surface area contributed by atoms with Crippen molar-refractivity contribution in [2.45, 2.75) is 50.9 Å². The summed E-state index contributed by atoms with van der Waals surface area (Å²) in [5.41, 5.74) is 6.23. The molecule has 0 fully saturated rings. The van der Waals surface area contributed by atoms with Crippen LogP contribution >= 0.6 is 0 Å². The summed E-state index contributed by atoms with van der Waals surface area (Å²) in [6.45, 7) is 7.50. The van der Waals surface area contributed by atoms with E-state index >= 15 is 0 Å². The largest absolute Gasteiger partial charge is 0.492 e. The number of hydrogen-bond acceptors (Lipinski definition) is 2. The van der Waals surface area contributed by atoms with Gasteiger partial charge in [0.25, 0.3) is 0 Å². The lowest BCUT2D eigenvalue weighted by Crippen LogP contribution is -2.28. The monoisotopic (exact) mass is 362 g/mol. The van der Waals surface area contributed by atoms with Crippen molar-refractivity contribution in [1.82, 2.24) is 0 Å². The molecule has 0 amide bonds. The highest BCUT2D eigenvalue weighted by Gasteiger charge is 2.39. The molecule has 0 radical (unpaired) electrons. The van der Waals surface area contributed by atoms with Crippen LogP contribution in [0.3, 0.4) is 0 Å². The van der Waals surface area contributed by atoms with Crippen LogP contribution in [0.4, 0.5) is 0 Å². The summed E-state index contributed by atoms with van der Waals surface area (Å²) in [5, 5.41) is 8.89. The second-order valence-electron chi connectivity index (χ2n) is 8.66. The van der Waals surface area contributed by atoms with Crippen molar-refractivity contribution in [3.63, 3.8) is 0 Å². The van der Waals surface area contributed by atoms with Gasteiger partial charge in [0.05, 0.1) is 5.41 Å². The first kappa shape index (κ1) is 17.8. The van der Waals surface area contributed by atoms with Crippen LogP contribution in [0.2, 0.25) is 0 Å². The minimum Gasteiger partial charge on any atom is -0.492 e. The minimum atomic E-state index is -0.938. The van der Waals surface area contributed by atoms with Gasteiger partial charge in [-0.05, 0) is 72.1 Å². The van der Waals surface area contributed by atoms with Crippen LogP contribution in [0.1, 0.15) is 61.4 Å². The highest BCUT2D eigenvalue weighted by atomic mass is 16.5. The van der Waals surface area contributed by atoms with Crippen LogP contribution in [0.25, 0.3) is 6.08 Å². The molecule has 1 N–H and O–H groups in total. The number of hydrogen-bond donors (Lipinski definition) is 1. The number of ether oxygens (including phenoxy) is 1. The first-order valence-electron chi connectivity index (χ1n) is 9.62. The maximum atomic E-state index is 10.8. The van der Waals surface area contributed by atoms with E-state index in [9.17, 15) is 4.79 Å². The Balaban J connectivity index is 1.76. The number of aliphatic carboxylic acids is 1. The lowest BCUT2D eigenvalue weighted by Gasteiger charge is -2.34. The van der Waals surface area contributed by atoms with E-state index in [-0.39, 0.29) is 10.8 Å². The molecule has 1 atom stereocenters. The van der Waals surface area contributed by atoms with E-state index in [0.29, 0.717) is 6.61 Å². The Labute approximate surface area is 160 Å². The summed E-state index contributed by atoms with van der Waals surface area (Å²) in [6.07, 6.45) is 6.42. The summed E-state index contributed by atoms with van der Waals surface area (Å²) in [5.74, 6) is -0.0464. The molecule has 2 aromatic rings. The van der Waals surface area contributed by atoms with Gasteiger partial charge in [-0.25, -0.2) is 4.79 Å². The minimum absolute atomic E-state index is 0.223. The topological polar surface area (TPSA) is 46.5 Å². The van der Waals surface area contributed by atoms with Gasteiger partial charge in [-0.1, -0.05) is 38.1 Å². The van der Waals surface area contributed by atoms with E-state index in [4.69, 9.17) is 9.84 Å².